The van der Waals surface area contributed by atoms with E-state index in [9.17, 15) is 0 Å². The van der Waals surface area contributed by atoms with Gasteiger partial charge in [0.2, 0.25) is 0 Å². The highest BCUT2D eigenvalue weighted by molar-refractivity contribution is 5.30. The summed E-state index contributed by atoms with van der Waals surface area (Å²) in [5.41, 5.74) is 4.25. The smallest absolute Gasteiger partial charge is 0.0108 e. The normalized spacial score (nSPS) is 19.2. The van der Waals surface area contributed by atoms with E-state index in [0.29, 0.717) is 5.92 Å². The lowest BCUT2D eigenvalue weighted by molar-refractivity contribution is 0.230. The first-order chi connectivity index (χ1) is 8.15. The second-order valence-electron chi connectivity index (χ2n) is 5.37. The molecular weight excluding hydrogens is 208 g/mol. The van der Waals surface area contributed by atoms with Gasteiger partial charge in [-0.2, -0.15) is 0 Å². The molecule has 0 amide bonds. The highest BCUT2D eigenvalue weighted by atomic mass is 15.2. The topological polar surface area (TPSA) is 15.3 Å². The summed E-state index contributed by atoms with van der Waals surface area (Å²) in [5, 5.41) is 3.40. The minimum atomic E-state index is 0.631. The second kappa shape index (κ2) is 5.65. The van der Waals surface area contributed by atoms with Gasteiger partial charge in [0.25, 0.3) is 0 Å². The van der Waals surface area contributed by atoms with Gasteiger partial charge in [0, 0.05) is 32.7 Å². The monoisotopic (exact) mass is 232 g/mol. The molecule has 0 saturated carbocycles. The van der Waals surface area contributed by atoms with Crippen LogP contribution in [0, 0.1) is 13.8 Å². The highest BCUT2D eigenvalue weighted by Crippen LogP contribution is 2.19. The highest BCUT2D eigenvalue weighted by Gasteiger charge is 2.14. The molecule has 2 nitrogen and oxygen atoms in total. The number of rotatable bonds is 3. The number of aryl methyl sites for hydroxylation is 2. The van der Waals surface area contributed by atoms with Crippen LogP contribution in [0.3, 0.4) is 0 Å². The number of hydrogen-bond donors (Lipinski definition) is 1. The third-order valence-corrected chi connectivity index (χ3v) is 3.55. The van der Waals surface area contributed by atoms with Crippen molar-refractivity contribution in [3.05, 3.63) is 34.9 Å². The number of piperazine rings is 1. The summed E-state index contributed by atoms with van der Waals surface area (Å²) in [6.07, 6.45) is 0. The molecule has 0 bridgehead atoms. The fourth-order valence-corrected chi connectivity index (χ4v) is 2.68. The Morgan fingerprint density at radius 3 is 2.29 bits per heavy atom. The molecule has 1 heterocycles. The minimum absolute atomic E-state index is 0.631. The zero-order valence-corrected chi connectivity index (χ0v) is 11.3. The molecule has 1 aromatic rings. The lowest BCUT2D eigenvalue weighted by Gasteiger charge is -2.30. The van der Waals surface area contributed by atoms with E-state index in [1.165, 1.54) is 36.3 Å². The maximum Gasteiger partial charge on any atom is 0.0108 e. The SMILES string of the molecule is Cc1cc(C)cc(C(C)CN2CCNCC2)c1. The molecule has 2 heteroatoms. The fourth-order valence-electron chi connectivity index (χ4n) is 2.68. The molecule has 1 aliphatic heterocycles. The molecule has 2 rings (SSSR count). The van der Waals surface area contributed by atoms with Crippen molar-refractivity contribution >= 4 is 0 Å². The van der Waals surface area contributed by atoms with Gasteiger partial charge in [-0.25, -0.2) is 0 Å². The summed E-state index contributed by atoms with van der Waals surface area (Å²) in [5.74, 6) is 0.631. The van der Waals surface area contributed by atoms with Crippen LogP contribution >= 0.6 is 0 Å². The minimum Gasteiger partial charge on any atom is -0.314 e. The van der Waals surface area contributed by atoms with Crippen LogP contribution in [-0.2, 0) is 0 Å². The Morgan fingerprint density at radius 2 is 1.71 bits per heavy atom. The van der Waals surface area contributed by atoms with Crippen molar-refractivity contribution in [3.63, 3.8) is 0 Å². The van der Waals surface area contributed by atoms with Crippen LogP contribution < -0.4 is 5.32 Å². The van der Waals surface area contributed by atoms with Crippen molar-refractivity contribution in [2.24, 2.45) is 0 Å². The van der Waals surface area contributed by atoms with Gasteiger partial charge in [-0.1, -0.05) is 36.2 Å². The standard InChI is InChI=1S/C15H24N2/c1-12-8-13(2)10-15(9-12)14(3)11-17-6-4-16-5-7-17/h8-10,14,16H,4-7,11H2,1-3H3. The van der Waals surface area contributed by atoms with Crippen LogP contribution in [0.1, 0.15) is 29.5 Å². The first kappa shape index (κ1) is 12.6. The van der Waals surface area contributed by atoms with Crippen LogP contribution in [0.25, 0.3) is 0 Å². The van der Waals surface area contributed by atoms with E-state index in [-0.39, 0.29) is 0 Å². The van der Waals surface area contributed by atoms with Crippen LogP contribution in [0.5, 0.6) is 0 Å². The zero-order chi connectivity index (χ0) is 12.3. The third kappa shape index (κ3) is 3.55. The molecule has 0 aromatic heterocycles. The predicted octanol–water partition coefficient (Wildman–Crippen LogP) is 2.31. The molecule has 1 aliphatic rings. The number of benzene rings is 1. The fraction of sp³-hybridized carbons (Fsp3) is 0.600. The van der Waals surface area contributed by atoms with Gasteiger partial charge in [-0.15, -0.1) is 0 Å². The Hall–Kier alpha value is -0.860. The first-order valence-corrected chi connectivity index (χ1v) is 6.66. The summed E-state index contributed by atoms with van der Waals surface area (Å²) < 4.78 is 0. The van der Waals surface area contributed by atoms with Crippen molar-refractivity contribution in [2.45, 2.75) is 26.7 Å². The molecule has 1 aromatic carbocycles. The van der Waals surface area contributed by atoms with E-state index in [0.717, 1.165) is 13.1 Å². The molecule has 94 valence electrons. The molecule has 1 N–H and O–H groups in total. The van der Waals surface area contributed by atoms with Crippen LogP contribution in [-0.4, -0.2) is 37.6 Å². The lowest BCUT2D eigenvalue weighted by Crippen LogP contribution is -2.44. The summed E-state index contributed by atoms with van der Waals surface area (Å²) in [6.45, 7) is 12.6. The van der Waals surface area contributed by atoms with Gasteiger partial charge in [0.15, 0.2) is 0 Å². The maximum absolute atomic E-state index is 3.40. The molecule has 0 spiro atoms. The van der Waals surface area contributed by atoms with E-state index in [1.54, 1.807) is 0 Å². The molecule has 17 heavy (non-hydrogen) atoms. The average molecular weight is 232 g/mol. The zero-order valence-electron chi connectivity index (χ0n) is 11.3. The van der Waals surface area contributed by atoms with Crippen LogP contribution in [0.15, 0.2) is 18.2 Å². The molecule has 0 radical (unpaired) electrons. The third-order valence-electron chi connectivity index (χ3n) is 3.55. The van der Waals surface area contributed by atoms with Gasteiger partial charge < -0.3 is 10.2 Å². The Kier molecular flexibility index (Phi) is 4.19. The Bertz CT molecular complexity index is 347. The lowest BCUT2D eigenvalue weighted by atomic mass is 9.96. The van der Waals surface area contributed by atoms with Crippen molar-refractivity contribution in [3.8, 4) is 0 Å². The molecular formula is C15H24N2. The van der Waals surface area contributed by atoms with Gasteiger partial charge in [0.1, 0.15) is 0 Å². The van der Waals surface area contributed by atoms with Crippen molar-refractivity contribution in [2.75, 3.05) is 32.7 Å². The van der Waals surface area contributed by atoms with Crippen molar-refractivity contribution < 1.29 is 0 Å². The first-order valence-electron chi connectivity index (χ1n) is 6.66. The quantitative estimate of drug-likeness (QED) is 0.860. The molecule has 1 unspecified atom stereocenters. The Balaban J connectivity index is 2.00. The molecule has 1 saturated heterocycles. The van der Waals surface area contributed by atoms with Crippen molar-refractivity contribution in [1.82, 2.24) is 10.2 Å². The summed E-state index contributed by atoms with van der Waals surface area (Å²) in [4.78, 5) is 2.57. The largest absolute Gasteiger partial charge is 0.314 e. The van der Waals surface area contributed by atoms with E-state index in [2.05, 4.69) is 49.2 Å². The van der Waals surface area contributed by atoms with Gasteiger partial charge >= 0.3 is 0 Å². The van der Waals surface area contributed by atoms with Gasteiger partial charge in [0.05, 0.1) is 0 Å². The summed E-state index contributed by atoms with van der Waals surface area (Å²) in [6, 6.07) is 6.92. The summed E-state index contributed by atoms with van der Waals surface area (Å²) in [7, 11) is 0. The molecule has 0 aliphatic carbocycles. The van der Waals surface area contributed by atoms with Gasteiger partial charge in [-0.3, -0.25) is 0 Å². The number of hydrogen-bond acceptors (Lipinski definition) is 2. The van der Waals surface area contributed by atoms with Crippen LogP contribution in [0.2, 0.25) is 0 Å². The Labute approximate surface area is 105 Å². The Morgan fingerprint density at radius 1 is 1.12 bits per heavy atom. The average Bonchev–Trinajstić information content (AvgIpc) is 2.29. The van der Waals surface area contributed by atoms with E-state index in [4.69, 9.17) is 0 Å². The number of nitrogens with zero attached hydrogens (tertiary/aromatic N) is 1. The van der Waals surface area contributed by atoms with E-state index >= 15 is 0 Å². The second-order valence-corrected chi connectivity index (χ2v) is 5.37. The van der Waals surface area contributed by atoms with E-state index < -0.39 is 0 Å². The number of nitrogens with one attached hydrogen (secondary N) is 1. The predicted molar refractivity (Wildman–Crippen MR) is 73.6 cm³/mol. The molecule has 1 fully saturated rings. The van der Waals surface area contributed by atoms with Gasteiger partial charge in [-0.05, 0) is 25.3 Å². The van der Waals surface area contributed by atoms with Crippen molar-refractivity contribution in [1.29, 1.82) is 0 Å². The van der Waals surface area contributed by atoms with E-state index in [1.807, 2.05) is 0 Å². The van der Waals surface area contributed by atoms with Crippen LogP contribution in [0.4, 0.5) is 0 Å². The maximum atomic E-state index is 3.40. The molecule has 1 atom stereocenters. The summed E-state index contributed by atoms with van der Waals surface area (Å²) >= 11 is 0.